The largest absolute Gasteiger partial charge is 0.464 e. The summed E-state index contributed by atoms with van der Waals surface area (Å²) < 4.78 is 24.4. The molecule has 35 heavy (non-hydrogen) atoms. The van der Waals surface area contributed by atoms with Crippen LogP contribution in [-0.2, 0) is 23.8 Å². The summed E-state index contributed by atoms with van der Waals surface area (Å²) in [6.45, 7) is 3.09. The average Bonchev–Trinajstić information content (AvgIpc) is 3.68. The molecular formula is C22H28N4O9. The molecule has 0 aliphatic carbocycles. The summed E-state index contributed by atoms with van der Waals surface area (Å²) in [7, 11) is 2.57. The van der Waals surface area contributed by atoms with E-state index in [2.05, 4.69) is 24.8 Å². The van der Waals surface area contributed by atoms with Crippen molar-refractivity contribution in [1.82, 2.24) is 20.2 Å². The first-order chi connectivity index (χ1) is 16.9. The van der Waals surface area contributed by atoms with E-state index in [1.165, 1.54) is 25.5 Å². The highest BCUT2D eigenvalue weighted by Gasteiger charge is 2.38. The van der Waals surface area contributed by atoms with E-state index in [0.29, 0.717) is 25.1 Å². The second-order valence-corrected chi connectivity index (χ2v) is 7.64. The van der Waals surface area contributed by atoms with Crippen LogP contribution in [0, 0.1) is 0 Å². The van der Waals surface area contributed by atoms with Gasteiger partial charge in [0.15, 0.2) is 35.7 Å². The molecule has 2 aliphatic heterocycles. The number of hydrogen-bond donors (Lipinski definition) is 1. The molecule has 2 aliphatic rings. The molecule has 0 radical (unpaired) electrons. The lowest BCUT2D eigenvalue weighted by molar-refractivity contribution is -0.160. The van der Waals surface area contributed by atoms with Crippen LogP contribution in [0.25, 0.3) is 0 Å². The summed E-state index contributed by atoms with van der Waals surface area (Å²) in [5.74, 6) is -1.92. The van der Waals surface area contributed by atoms with Gasteiger partial charge in [0.2, 0.25) is 0 Å². The maximum Gasteiger partial charge on any atom is 0.397 e. The van der Waals surface area contributed by atoms with Crippen LogP contribution < -0.4 is 5.32 Å². The number of likely N-dealkylation sites (tertiary alicyclic amines) is 1. The Balaban J connectivity index is 0.000000211. The van der Waals surface area contributed by atoms with Crippen LogP contribution in [-0.4, -0.2) is 72.6 Å². The van der Waals surface area contributed by atoms with E-state index in [-0.39, 0.29) is 29.8 Å². The van der Waals surface area contributed by atoms with E-state index in [9.17, 15) is 19.2 Å². The molecule has 0 aromatic carbocycles. The first kappa shape index (κ1) is 25.9. The molecule has 2 aromatic heterocycles. The summed E-state index contributed by atoms with van der Waals surface area (Å²) in [5, 5.41) is 3.24. The number of rotatable bonds is 5. The van der Waals surface area contributed by atoms with Gasteiger partial charge < -0.3 is 33.3 Å². The van der Waals surface area contributed by atoms with E-state index < -0.39 is 29.9 Å². The third-order valence-electron chi connectivity index (χ3n) is 5.59. The molecule has 2 saturated heterocycles. The van der Waals surface area contributed by atoms with Crippen molar-refractivity contribution in [3.63, 3.8) is 0 Å². The highest BCUT2D eigenvalue weighted by Crippen LogP contribution is 2.34. The number of oxazole rings is 2. The van der Waals surface area contributed by atoms with Crippen molar-refractivity contribution in [3.8, 4) is 0 Å². The van der Waals surface area contributed by atoms with Gasteiger partial charge in [-0.25, -0.2) is 24.4 Å². The summed E-state index contributed by atoms with van der Waals surface area (Å²) >= 11 is 0. The summed E-state index contributed by atoms with van der Waals surface area (Å²) in [5.41, 5.74) is 0.304. The lowest BCUT2D eigenvalue weighted by atomic mass is 10.1. The van der Waals surface area contributed by atoms with Gasteiger partial charge in [-0.3, -0.25) is 4.79 Å². The Hall–Kier alpha value is -3.74. The second kappa shape index (κ2) is 12.1. The van der Waals surface area contributed by atoms with Crippen molar-refractivity contribution in [2.24, 2.45) is 0 Å². The predicted molar refractivity (Wildman–Crippen MR) is 116 cm³/mol. The van der Waals surface area contributed by atoms with Gasteiger partial charge in [-0.05, 0) is 39.2 Å². The predicted octanol–water partition coefficient (Wildman–Crippen LogP) is 1.57. The number of esters is 3. The molecule has 2 aromatic rings. The topological polar surface area (TPSA) is 163 Å². The third-order valence-corrected chi connectivity index (χ3v) is 5.59. The van der Waals surface area contributed by atoms with Crippen LogP contribution in [0.1, 0.15) is 77.2 Å². The lowest BCUT2D eigenvalue weighted by Crippen LogP contribution is -2.37. The number of hydrogen-bond acceptors (Lipinski definition) is 12. The molecule has 2 atom stereocenters. The van der Waals surface area contributed by atoms with E-state index in [1.807, 2.05) is 0 Å². The fourth-order valence-electron chi connectivity index (χ4n) is 3.99. The zero-order valence-corrected chi connectivity index (χ0v) is 19.8. The fraction of sp³-hybridized carbons (Fsp3) is 0.545. The molecule has 0 unspecified atom stereocenters. The minimum absolute atomic E-state index is 0.0195. The van der Waals surface area contributed by atoms with Crippen molar-refractivity contribution < 1.29 is 42.2 Å². The zero-order valence-electron chi connectivity index (χ0n) is 19.8. The van der Waals surface area contributed by atoms with Gasteiger partial charge in [-0.2, -0.15) is 0 Å². The highest BCUT2D eigenvalue weighted by atomic mass is 16.5. The smallest absolute Gasteiger partial charge is 0.397 e. The van der Waals surface area contributed by atoms with Crippen molar-refractivity contribution in [3.05, 3.63) is 35.7 Å². The molecular weight excluding hydrogens is 464 g/mol. The summed E-state index contributed by atoms with van der Waals surface area (Å²) in [4.78, 5) is 55.5. The minimum atomic E-state index is -0.913. The van der Waals surface area contributed by atoms with Crippen molar-refractivity contribution in [2.45, 2.75) is 44.7 Å². The lowest BCUT2D eigenvalue weighted by Gasteiger charge is -2.22. The number of nitrogens with one attached hydrogen (secondary N) is 1. The number of amides is 1. The molecule has 0 saturated carbocycles. The van der Waals surface area contributed by atoms with Crippen molar-refractivity contribution in [1.29, 1.82) is 0 Å². The number of carbonyl (C=O) groups is 4. The van der Waals surface area contributed by atoms with Gasteiger partial charge in [0.1, 0.15) is 0 Å². The number of methoxy groups -OCH3 is 2. The molecule has 13 heteroatoms. The van der Waals surface area contributed by atoms with Crippen LogP contribution in [0.5, 0.6) is 0 Å². The second-order valence-electron chi connectivity index (χ2n) is 7.64. The first-order valence-corrected chi connectivity index (χ1v) is 11.2. The van der Waals surface area contributed by atoms with Crippen molar-refractivity contribution >= 4 is 23.8 Å². The Morgan fingerprint density at radius 3 is 2.20 bits per heavy atom. The molecule has 0 bridgehead atoms. The van der Waals surface area contributed by atoms with E-state index in [1.54, 1.807) is 6.92 Å². The van der Waals surface area contributed by atoms with Crippen LogP contribution >= 0.6 is 0 Å². The van der Waals surface area contributed by atoms with Crippen LogP contribution in [0.3, 0.4) is 0 Å². The standard InChI is InChI=1S/C13H16N2O6.C9H12N2O3/c1-3-20-13(18)11(16)15-6-4-5-8(15)10-9(12(17)19-2)14-7-21-10;1-13-9(12)7-8(14-5-11-7)6-3-2-4-10-6/h7-8H,3-6H2,1-2H3;5-6,10H,2-4H2,1H3/t8-;6-/m00/s1. The van der Waals surface area contributed by atoms with Crippen LogP contribution in [0.2, 0.25) is 0 Å². The maximum absolute atomic E-state index is 12.1. The van der Waals surface area contributed by atoms with Gasteiger partial charge >= 0.3 is 23.8 Å². The van der Waals surface area contributed by atoms with Gasteiger partial charge in [0.05, 0.1) is 32.9 Å². The minimum Gasteiger partial charge on any atom is -0.464 e. The fourth-order valence-corrected chi connectivity index (χ4v) is 3.99. The van der Waals surface area contributed by atoms with E-state index >= 15 is 0 Å². The molecule has 2 fully saturated rings. The average molecular weight is 492 g/mol. The number of nitrogens with zero attached hydrogens (tertiary/aromatic N) is 3. The molecule has 1 amide bonds. The summed E-state index contributed by atoms with van der Waals surface area (Å²) in [6.07, 6.45) is 5.72. The van der Waals surface area contributed by atoms with E-state index in [4.69, 9.17) is 13.6 Å². The van der Waals surface area contributed by atoms with Gasteiger partial charge in [0.25, 0.3) is 0 Å². The highest BCUT2D eigenvalue weighted by molar-refractivity contribution is 6.32. The van der Waals surface area contributed by atoms with Gasteiger partial charge in [-0.1, -0.05) is 0 Å². The van der Waals surface area contributed by atoms with E-state index in [0.717, 1.165) is 25.8 Å². The Labute approximate surface area is 201 Å². The Morgan fingerprint density at radius 1 is 1.00 bits per heavy atom. The SMILES string of the molecule is CCOC(=O)C(=O)N1CCC[C@H]1c1ocnc1C(=O)OC.COC(=O)c1ncoc1[C@@H]1CCCN1. The normalized spacial score (nSPS) is 19.0. The first-order valence-electron chi connectivity index (χ1n) is 11.2. The number of carbonyl (C=O) groups excluding carboxylic acids is 4. The third kappa shape index (κ3) is 5.85. The molecule has 1 N–H and O–H groups in total. The Morgan fingerprint density at radius 2 is 1.63 bits per heavy atom. The van der Waals surface area contributed by atoms with Gasteiger partial charge in [0, 0.05) is 6.54 Å². The quantitative estimate of drug-likeness (QED) is 0.364. The monoisotopic (exact) mass is 492 g/mol. The van der Waals surface area contributed by atoms with Crippen molar-refractivity contribution in [2.75, 3.05) is 33.9 Å². The van der Waals surface area contributed by atoms with Crippen LogP contribution in [0.4, 0.5) is 0 Å². The molecule has 0 spiro atoms. The molecule has 4 rings (SSSR count). The van der Waals surface area contributed by atoms with Crippen LogP contribution in [0.15, 0.2) is 21.6 Å². The zero-order chi connectivity index (χ0) is 25.4. The van der Waals surface area contributed by atoms with Gasteiger partial charge in [-0.15, -0.1) is 0 Å². The molecule has 13 nitrogen and oxygen atoms in total. The summed E-state index contributed by atoms with van der Waals surface area (Å²) in [6, 6.07) is -0.412. The number of aromatic nitrogens is 2. The maximum atomic E-state index is 12.1. The Kier molecular flexibility index (Phi) is 8.95. The molecule has 4 heterocycles. The Bertz CT molecular complexity index is 1040. The number of ether oxygens (including phenoxy) is 3. The molecule has 190 valence electrons.